The summed E-state index contributed by atoms with van der Waals surface area (Å²) in [5.41, 5.74) is 0.992. The predicted molar refractivity (Wildman–Crippen MR) is 78.5 cm³/mol. The molecule has 2 rings (SSSR count). The van der Waals surface area contributed by atoms with Crippen molar-refractivity contribution >= 4 is 6.03 Å². The predicted octanol–water partition coefficient (Wildman–Crippen LogP) is 1.98. The monoisotopic (exact) mass is 294 g/mol. The van der Waals surface area contributed by atoms with E-state index < -0.39 is 0 Å². The first kappa shape index (κ1) is 15.4. The molecule has 1 aromatic carbocycles. The zero-order valence-electron chi connectivity index (χ0n) is 12.7. The van der Waals surface area contributed by atoms with Crippen LogP contribution in [0.25, 0.3) is 0 Å². The van der Waals surface area contributed by atoms with Crippen LogP contribution in [0.2, 0.25) is 0 Å². The molecule has 0 aromatic heterocycles. The smallest absolute Gasteiger partial charge is 0.317 e. The summed E-state index contributed by atoms with van der Waals surface area (Å²) < 4.78 is 16.4. The Morgan fingerprint density at radius 1 is 1.38 bits per heavy atom. The van der Waals surface area contributed by atoms with Crippen LogP contribution in [0.5, 0.6) is 11.5 Å². The van der Waals surface area contributed by atoms with Crippen LogP contribution in [0.4, 0.5) is 4.79 Å². The van der Waals surface area contributed by atoms with Gasteiger partial charge in [0.2, 0.25) is 0 Å². The largest absolute Gasteiger partial charge is 0.493 e. The summed E-state index contributed by atoms with van der Waals surface area (Å²) in [7, 11) is 1.60. The first-order chi connectivity index (χ1) is 10.1. The number of carbonyl (C=O) groups is 1. The minimum atomic E-state index is -0.353. The van der Waals surface area contributed by atoms with Crippen molar-refractivity contribution in [3.05, 3.63) is 23.8 Å². The lowest BCUT2D eigenvalue weighted by atomic mass is 10.2. The first-order valence-electron chi connectivity index (χ1n) is 7.12. The zero-order chi connectivity index (χ0) is 15.2. The third-order valence-electron chi connectivity index (χ3n) is 3.24. The number of hydrogen-bond acceptors (Lipinski definition) is 4. The van der Waals surface area contributed by atoms with Crippen LogP contribution >= 0.6 is 0 Å². The van der Waals surface area contributed by atoms with Gasteiger partial charge >= 0.3 is 6.03 Å². The van der Waals surface area contributed by atoms with Crippen molar-refractivity contribution in [1.82, 2.24) is 10.2 Å². The molecular weight excluding hydrogens is 272 g/mol. The zero-order valence-corrected chi connectivity index (χ0v) is 12.7. The average molecular weight is 294 g/mol. The minimum Gasteiger partial charge on any atom is -0.493 e. The lowest BCUT2D eigenvalue weighted by molar-refractivity contribution is -0.0623. The second-order valence-corrected chi connectivity index (χ2v) is 4.78. The fourth-order valence-corrected chi connectivity index (χ4v) is 2.24. The molecule has 0 saturated carbocycles. The lowest BCUT2D eigenvalue weighted by Gasteiger charge is -2.19. The summed E-state index contributed by atoms with van der Waals surface area (Å²) in [6.07, 6.45) is -0.353. The number of nitrogens with zero attached hydrogens (tertiary/aromatic N) is 1. The van der Waals surface area contributed by atoms with Crippen molar-refractivity contribution in [3.8, 4) is 11.5 Å². The first-order valence-corrected chi connectivity index (χ1v) is 7.12. The van der Waals surface area contributed by atoms with Crippen LogP contribution < -0.4 is 14.8 Å². The van der Waals surface area contributed by atoms with Crippen LogP contribution in [0.1, 0.15) is 19.4 Å². The topological polar surface area (TPSA) is 60.0 Å². The Hall–Kier alpha value is -1.95. The van der Waals surface area contributed by atoms with E-state index in [2.05, 4.69) is 5.32 Å². The second-order valence-electron chi connectivity index (χ2n) is 4.78. The Bertz CT molecular complexity index is 493. The van der Waals surface area contributed by atoms with Gasteiger partial charge in [-0.3, -0.25) is 0 Å². The molecule has 1 atom stereocenters. The number of carbonyl (C=O) groups excluding carboxylic acids is 1. The van der Waals surface area contributed by atoms with Crippen molar-refractivity contribution in [2.45, 2.75) is 26.7 Å². The van der Waals surface area contributed by atoms with Gasteiger partial charge in [0, 0.05) is 26.2 Å². The number of urea groups is 1. The summed E-state index contributed by atoms with van der Waals surface area (Å²) in [4.78, 5) is 13.3. The number of nitrogens with one attached hydrogen (secondary N) is 1. The molecule has 2 amide bonds. The molecule has 116 valence electrons. The Morgan fingerprint density at radius 3 is 2.81 bits per heavy atom. The molecule has 0 radical (unpaired) electrons. The van der Waals surface area contributed by atoms with Gasteiger partial charge in [-0.25, -0.2) is 4.79 Å². The number of hydrogen-bond donors (Lipinski definition) is 1. The Balaban J connectivity index is 2.10. The van der Waals surface area contributed by atoms with Crippen LogP contribution in [0.15, 0.2) is 18.2 Å². The molecule has 6 heteroatoms. The summed E-state index contributed by atoms with van der Waals surface area (Å²) in [5, 5.41) is 2.79. The van der Waals surface area contributed by atoms with Crippen molar-refractivity contribution in [3.63, 3.8) is 0 Å². The minimum absolute atomic E-state index is 0.0315. The molecule has 1 aliphatic heterocycles. The van der Waals surface area contributed by atoms with Crippen molar-refractivity contribution in [1.29, 1.82) is 0 Å². The summed E-state index contributed by atoms with van der Waals surface area (Å²) >= 11 is 0. The van der Waals surface area contributed by atoms with Crippen molar-refractivity contribution < 1.29 is 19.0 Å². The lowest BCUT2D eigenvalue weighted by Crippen LogP contribution is -2.27. The van der Waals surface area contributed by atoms with E-state index in [9.17, 15) is 4.79 Å². The van der Waals surface area contributed by atoms with E-state index in [1.54, 1.807) is 12.0 Å². The van der Waals surface area contributed by atoms with E-state index in [1.807, 2.05) is 32.0 Å². The number of rotatable bonds is 7. The van der Waals surface area contributed by atoms with Gasteiger partial charge < -0.3 is 24.4 Å². The normalized spacial score (nSPS) is 15.8. The maximum absolute atomic E-state index is 11.6. The van der Waals surface area contributed by atoms with Gasteiger partial charge in [-0.2, -0.15) is 0 Å². The maximum Gasteiger partial charge on any atom is 0.317 e. The molecule has 21 heavy (non-hydrogen) atoms. The molecule has 1 unspecified atom stereocenters. The van der Waals surface area contributed by atoms with Crippen LogP contribution in [-0.4, -0.2) is 44.0 Å². The van der Waals surface area contributed by atoms with E-state index >= 15 is 0 Å². The summed E-state index contributed by atoms with van der Waals surface area (Å²) in [5.74, 6) is 1.27. The van der Waals surface area contributed by atoms with Gasteiger partial charge in [-0.15, -0.1) is 0 Å². The highest BCUT2D eigenvalue weighted by atomic mass is 16.7. The molecule has 1 N–H and O–H groups in total. The van der Waals surface area contributed by atoms with E-state index in [0.717, 1.165) is 12.1 Å². The molecule has 1 saturated heterocycles. The molecule has 1 aromatic rings. The second kappa shape index (κ2) is 7.17. The fraction of sp³-hybridized carbons (Fsp3) is 0.533. The van der Waals surface area contributed by atoms with Gasteiger partial charge in [-0.1, -0.05) is 6.07 Å². The van der Waals surface area contributed by atoms with E-state index in [4.69, 9.17) is 14.2 Å². The quantitative estimate of drug-likeness (QED) is 0.781. The standard InChI is InChI=1S/C15H22N2O4/c1-4-20-11(2)21-14-9-12(5-6-13(14)19-3)10-17-8-7-16-15(17)18/h5-6,9,11H,4,7-8,10H2,1-3H3,(H,16,18). The maximum atomic E-state index is 11.6. The van der Waals surface area contributed by atoms with Gasteiger partial charge in [0.1, 0.15) is 0 Å². The van der Waals surface area contributed by atoms with E-state index in [0.29, 0.717) is 31.2 Å². The molecule has 6 nitrogen and oxygen atoms in total. The molecule has 0 aliphatic carbocycles. The third-order valence-corrected chi connectivity index (χ3v) is 3.24. The van der Waals surface area contributed by atoms with Gasteiger partial charge in [-0.05, 0) is 31.5 Å². The van der Waals surface area contributed by atoms with Crippen LogP contribution in [-0.2, 0) is 11.3 Å². The number of benzene rings is 1. The highest BCUT2D eigenvalue weighted by molar-refractivity contribution is 5.76. The summed E-state index contributed by atoms with van der Waals surface area (Å²) in [6, 6.07) is 5.64. The molecular formula is C15H22N2O4. The number of amides is 2. The van der Waals surface area contributed by atoms with E-state index in [1.165, 1.54) is 0 Å². The van der Waals surface area contributed by atoms with Gasteiger partial charge in [0.25, 0.3) is 0 Å². The van der Waals surface area contributed by atoms with Gasteiger partial charge in [0.05, 0.1) is 7.11 Å². The number of methoxy groups -OCH3 is 1. The summed E-state index contributed by atoms with van der Waals surface area (Å²) in [6.45, 7) is 6.30. The average Bonchev–Trinajstić information content (AvgIpc) is 2.85. The van der Waals surface area contributed by atoms with Crippen LogP contribution in [0.3, 0.4) is 0 Å². The molecule has 1 fully saturated rings. The van der Waals surface area contributed by atoms with Crippen LogP contribution in [0, 0.1) is 0 Å². The van der Waals surface area contributed by atoms with Crippen molar-refractivity contribution in [2.75, 3.05) is 26.8 Å². The molecule has 0 spiro atoms. The van der Waals surface area contributed by atoms with Crippen molar-refractivity contribution in [2.24, 2.45) is 0 Å². The Kier molecular flexibility index (Phi) is 5.27. The van der Waals surface area contributed by atoms with Gasteiger partial charge in [0.15, 0.2) is 17.8 Å². The highest BCUT2D eigenvalue weighted by Gasteiger charge is 2.20. The van der Waals surface area contributed by atoms with E-state index in [-0.39, 0.29) is 12.3 Å². The fourth-order valence-electron chi connectivity index (χ4n) is 2.24. The SMILES string of the molecule is CCOC(C)Oc1cc(CN2CCNC2=O)ccc1OC. The number of ether oxygens (including phenoxy) is 3. The Morgan fingerprint density at radius 2 is 2.19 bits per heavy atom. The third kappa shape index (κ3) is 4.01. The Labute approximate surface area is 125 Å². The molecule has 1 aliphatic rings. The highest BCUT2D eigenvalue weighted by Crippen LogP contribution is 2.29. The molecule has 0 bridgehead atoms. The molecule has 1 heterocycles.